The van der Waals surface area contributed by atoms with Gasteiger partial charge >= 0.3 is 0 Å². The molecule has 2 aromatic carbocycles. The molecule has 104 valence electrons. The first-order valence-electron chi connectivity index (χ1n) is 6.66. The molecule has 0 spiro atoms. The lowest BCUT2D eigenvalue weighted by atomic mass is 9.98. The van der Waals surface area contributed by atoms with E-state index >= 15 is 0 Å². The molecule has 4 heteroatoms. The van der Waals surface area contributed by atoms with E-state index in [9.17, 15) is 4.39 Å². The van der Waals surface area contributed by atoms with Gasteiger partial charge in [0, 0.05) is 24.8 Å². The summed E-state index contributed by atoms with van der Waals surface area (Å²) in [5, 5.41) is 0.198. The standard InChI is InChI=1S/C16H16ClFN2/c17-16-12(5-3-6-14(16)18)9-20-10-13(19)8-11-4-1-2-7-15(11)20/h1-7,13H,8-10,19H2. The van der Waals surface area contributed by atoms with Gasteiger partial charge in [0.15, 0.2) is 0 Å². The van der Waals surface area contributed by atoms with Crippen LogP contribution in [0.15, 0.2) is 42.5 Å². The Morgan fingerprint density at radius 3 is 2.85 bits per heavy atom. The second kappa shape index (κ2) is 5.43. The minimum atomic E-state index is -0.376. The summed E-state index contributed by atoms with van der Waals surface area (Å²) >= 11 is 6.04. The third-order valence-electron chi connectivity index (χ3n) is 3.66. The Balaban J connectivity index is 1.93. The van der Waals surface area contributed by atoms with Crippen LogP contribution < -0.4 is 10.6 Å². The molecule has 3 rings (SSSR count). The average molecular weight is 291 g/mol. The summed E-state index contributed by atoms with van der Waals surface area (Å²) < 4.78 is 13.5. The summed E-state index contributed by atoms with van der Waals surface area (Å²) in [5.41, 5.74) is 9.30. The van der Waals surface area contributed by atoms with Gasteiger partial charge in [-0.3, -0.25) is 0 Å². The second-order valence-electron chi connectivity index (χ2n) is 5.19. The van der Waals surface area contributed by atoms with Crippen molar-refractivity contribution in [1.29, 1.82) is 0 Å². The lowest BCUT2D eigenvalue weighted by Gasteiger charge is -2.35. The molecule has 1 atom stereocenters. The van der Waals surface area contributed by atoms with Crippen LogP contribution in [0.4, 0.5) is 10.1 Å². The number of nitrogens with two attached hydrogens (primary N) is 1. The van der Waals surface area contributed by atoms with Crippen molar-refractivity contribution in [2.45, 2.75) is 19.0 Å². The Labute approximate surface area is 123 Å². The van der Waals surface area contributed by atoms with E-state index in [-0.39, 0.29) is 16.9 Å². The molecule has 1 aliphatic rings. The molecular formula is C16H16ClFN2. The van der Waals surface area contributed by atoms with Gasteiger partial charge in [-0.2, -0.15) is 0 Å². The van der Waals surface area contributed by atoms with Crippen LogP contribution in [0.2, 0.25) is 5.02 Å². The molecule has 0 bridgehead atoms. The minimum Gasteiger partial charge on any atom is -0.365 e. The van der Waals surface area contributed by atoms with Crippen LogP contribution in [-0.4, -0.2) is 12.6 Å². The summed E-state index contributed by atoms with van der Waals surface area (Å²) in [6, 6.07) is 13.2. The summed E-state index contributed by atoms with van der Waals surface area (Å²) in [5.74, 6) is -0.376. The molecule has 0 aliphatic carbocycles. The van der Waals surface area contributed by atoms with E-state index in [2.05, 4.69) is 17.0 Å². The van der Waals surface area contributed by atoms with E-state index in [1.807, 2.05) is 18.2 Å². The van der Waals surface area contributed by atoms with Gasteiger partial charge in [0.05, 0.1) is 5.02 Å². The van der Waals surface area contributed by atoms with Crippen molar-refractivity contribution in [2.24, 2.45) is 5.73 Å². The zero-order valence-electron chi connectivity index (χ0n) is 11.0. The van der Waals surface area contributed by atoms with E-state index in [1.165, 1.54) is 11.6 Å². The van der Waals surface area contributed by atoms with Crippen LogP contribution in [0.1, 0.15) is 11.1 Å². The van der Waals surface area contributed by atoms with Crippen LogP contribution in [0.5, 0.6) is 0 Å². The second-order valence-corrected chi connectivity index (χ2v) is 5.56. The Morgan fingerprint density at radius 1 is 1.20 bits per heavy atom. The van der Waals surface area contributed by atoms with Gasteiger partial charge in [0.25, 0.3) is 0 Å². The van der Waals surface area contributed by atoms with Gasteiger partial charge in [-0.05, 0) is 29.7 Å². The van der Waals surface area contributed by atoms with Crippen molar-refractivity contribution in [2.75, 3.05) is 11.4 Å². The van der Waals surface area contributed by atoms with Crippen molar-refractivity contribution >= 4 is 17.3 Å². The molecule has 1 aliphatic heterocycles. The molecule has 20 heavy (non-hydrogen) atoms. The molecule has 0 saturated carbocycles. The number of rotatable bonds is 2. The quantitative estimate of drug-likeness (QED) is 0.919. The molecule has 1 unspecified atom stereocenters. The summed E-state index contributed by atoms with van der Waals surface area (Å²) in [4.78, 5) is 2.17. The van der Waals surface area contributed by atoms with E-state index in [0.29, 0.717) is 6.54 Å². The number of hydrogen-bond donors (Lipinski definition) is 1. The first kappa shape index (κ1) is 13.4. The van der Waals surface area contributed by atoms with Crippen LogP contribution >= 0.6 is 11.6 Å². The van der Waals surface area contributed by atoms with Gasteiger partial charge in [0.2, 0.25) is 0 Å². The topological polar surface area (TPSA) is 29.3 Å². The molecule has 0 fully saturated rings. The van der Waals surface area contributed by atoms with Crippen LogP contribution in [0.25, 0.3) is 0 Å². The maximum Gasteiger partial charge on any atom is 0.142 e. The summed E-state index contributed by atoms with van der Waals surface area (Å²) in [6.45, 7) is 1.32. The zero-order valence-corrected chi connectivity index (χ0v) is 11.8. The number of anilines is 1. The molecule has 0 saturated heterocycles. The molecule has 2 N–H and O–H groups in total. The normalized spacial score (nSPS) is 17.9. The smallest absolute Gasteiger partial charge is 0.142 e. The number of para-hydroxylation sites is 1. The van der Waals surface area contributed by atoms with Crippen molar-refractivity contribution in [3.05, 3.63) is 64.4 Å². The first-order valence-corrected chi connectivity index (χ1v) is 7.04. The van der Waals surface area contributed by atoms with Crippen molar-refractivity contribution in [3.8, 4) is 0 Å². The minimum absolute atomic E-state index is 0.0947. The van der Waals surface area contributed by atoms with Crippen molar-refractivity contribution in [3.63, 3.8) is 0 Å². The summed E-state index contributed by atoms with van der Waals surface area (Å²) in [7, 11) is 0. The predicted molar refractivity (Wildman–Crippen MR) is 80.6 cm³/mol. The van der Waals surface area contributed by atoms with Gasteiger partial charge in [-0.25, -0.2) is 4.39 Å². The molecular weight excluding hydrogens is 275 g/mol. The van der Waals surface area contributed by atoms with Gasteiger partial charge in [0.1, 0.15) is 5.82 Å². The highest BCUT2D eigenvalue weighted by Gasteiger charge is 2.22. The van der Waals surface area contributed by atoms with Gasteiger partial charge < -0.3 is 10.6 Å². The van der Waals surface area contributed by atoms with E-state index in [1.54, 1.807) is 6.07 Å². The fraction of sp³-hybridized carbons (Fsp3) is 0.250. The van der Waals surface area contributed by atoms with E-state index in [0.717, 1.165) is 24.2 Å². The van der Waals surface area contributed by atoms with Gasteiger partial charge in [-0.15, -0.1) is 0 Å². The van der Waals surface area contributed by atoms with E-state index < -0.39 is 0 Å². The fourth-order valence-corrected chi connectivity index (χ4v) is 2.93. The molecule has 1 heterocycles. The summed E-state index contributed by atoms with van der Waals surface area (Å²) in [6.07, 6.45) is 0.879. The number of benzene rings is 2. The lowest BCUT2D eigenvalue weighted by molar-refractivity contribution is 0.594. The van der Waals surface area contributed by atoms with Crippen LogP contribution in [-0.2, 0) is 13.0 Å². The van der Waals surface area contributed by atoms with Crippen molar-refractivity contribution in [1.82, 2.24) is 0 Å². The maximum absolute atomic E-state index is 13.5. The molecule has 0 radical (unpaired) electrons. The number of fused-ring (bicyclic) bond motifs is 1. The predicted octanol–water partition coefficient (Wildman–Crippen LogP) is 3.37. The Bertz CT molecular complexity index is 630. The number of hydrogen-bond acceptors (Lipinski definition) is 2. The highest BCUT2D eigenvalue weighted by molar-refractivity contribution is 6.31. The molecule has 0 aromatic heterocycles. The Hall–Kier alpha value is -1.58. The first-order chi connectivity index (χ1) is 9.65. The molecule has 0 amide bonds. The Kier molecular flexibility index (Phi) is 3.64. The van der Waals surface area contributed by atoms with Gasteiger partial charge in [-0.1, -0.05) is 41.9 Å². The number of halogens is 2. The Morgan fingerprint density at radius 2 is 2.00 bits per heavy atom. The maximum atomic E-state index is 13.5. The SMILES string of the molecule is NC1Cc2ccccc2N(Cc2cccc(F)c2Cl)C1. The van der Waals surface area contributed by atoms with Crippen LogP contribution in [0.3, 0.4) is 0 Å². The zero-order chi connectivity index (χ0) is 14.1. The van der Waals surface area contributed by atoms with Crippen LogP contribution in [0, 0.1) is 5.82 Å². The van der Waals surface area contributed by atoms with Crippen molar-refractivity contribution < 1.29 is 4.39 Å². The third-order valence-corrected chi connectivity index (χ3v) is 4.09. The largest absolute Gasteiger partial charge is 0.365 e. The van der Waals surface area contributed by atoms with E-state index in [4.69, 9.17) is 17.3 Å². The average Bonchev–Trinajstić information content (AvgIpc) is 2.43. The highest BCUT2D eigenvalue weighted by Crippen LogP contribution is 2.29. The lowest BCUT2D eigenvalue weighted by Crippen LogP contribution is -2.42. The monoisotopic (exact) mass is 290 g/mol. The third kappa shape index (κ3) is 2.51. The molecule has 2 aromatic rings. The molecule has 2 nitrogen and oxygen atoms in total. The fourth-order valence-electron chi connectivity index (χ4n) is 2.75. The highest BCUT2D eigenvalue weighted by atomic mass is 35.5. The number of nitrogens with zero attached hydrogens (tertiary/aromatic N) is 1.